The number of carbonyl (C=O) groups excluding carboxylic acids is 2. The molecule has 1 unspecified atom stereocenters. The molecular formula is C16H22N4O2. The molecule has 0 spiro atoms. The Morgan fingerprint density at radius 1 is 1.23 bits per heavy atom. The van der Waals surface area contributed by atoms with Crippen molar-refractivity contribution < 1.29 is 9.59 Å². The fourth-order valence-corrected chi connectivity index (χ4v) is 2.95. The molecule has 3 rings (SSSR count). The molecule has 22 heavy (non-hydrogen) atoms. The third-order valence-electron chi connectivity index (χ3n) is 4.17. The van der Waals surface area contributed by atoms with E-state index in [9.17, 15) is 9.59 Å². The van der Waals surface area contributed by atoms with Gasteiger partial charge in [0.05, 0.1) is 17.8 Å². The Bertz CT molecular complexity index is 555. The van der Waals surface area contributed by atoms with Gasteiger partial charge in [-0.3, -0.25) is 9.59 Å². The Balaban J connectivity index is 1.46. The van der Waals surface area contributed by atoms with Crippen LogP contribution in [0.2, 0.25) is 0 Å². The summed E-state index contributed by atoms with van der Waals surface area (Å²) in [6.07, 6.45) is 2.65. The molecule has 118 valence electrons. The quantitative estimate of drug-likeness (QED) is 0.759. The van der Waals surface area contributed by atoms with Crippen LogP contribution in [0.4, 0.5) is 11.4 Å². The van der Waals surface area contributed by atoms with Gasteiger partial charge in [0, 0.05) is 13.1 Å². The maximum Gasteiger partial charge on any atom is 0.247 e. The third-order valence-corrected chi connectivity index (χ3v) is 4.17. The molecule has 2 amide bonds. The van der Waals surface area contributed by atoms with E-state index in [1.54, 1.807) is 0 Å². The molecule has 1 atom stereocenters. The Labute approximate surface area is 130 Å². The first-order valence-corrected chi connectivity index (χ1v) is 7.88. The number of carbonyl (C=O) groups is 2. The summed E-state index contributed by atoms with van der Waals surface area (Å²) in [5.41, 5.74) is 1.62. The number of nitrogens with zero attached hydrogens (tertiary/aromatic N) is 1. The molecule has 0 aliphatic carbocycles. The summed E-state index contributed by atoms with van der Waals surface area (Å²) in [5.74, 6) is -0.250. The second-order valence-electron chi connectivity index (χ2n) is 5.83. The van der Waals surface area contributed by atoms with Crippen LogP contribution >= 0.6 is 0 Å². The molecule has 0 bridgehead atoms. The lowest BCUT2D eigenvalue weighted by Crippen LogP contribution is -2.43. The van der Waals surface area contributed by atoms with Gasteiger partial charge in [0.1, 0.15) is 6.04 Å². The van der Waals surface area contributed by atoms with Crippen LogP contribution in [-0.2, 0) is 9.59 Å². The van der Waals surface area contributed by atoms with Crippen LogP contribution in [0.3, 0.4) is 0 Å². The molecule has 1 saturated heterocycles. The molecule has 2 aliphatic rings. The van der Waals surface area contributed by atoms with Crippen molar-refractivity contribution in [3.8, 4) is 0 Å². The molecule has 6 nitrogen and oxygen atoms in total. The maximum atomic E-state index is 12.0. The molecular weight excluding hydrogens is 280 g/mol. The lowest BCUT2D eigenvalue weighted by Gasteiger charge is -2.26. The van der Waals surface area contributed by atoms with Crippen molar-refractivity contribution in [3.05, 3.63) is 24.3 Å². The maximum absolute atomic E-state index is 12.0. The fraction of sp³-hybridized carbons (Fsp3) is 0.500. The number of amides is 2. The van der Waals surface area contributed by atoms with Gasteiger partial charge in [0.2, 0.25) is 11.8 Å². The summed E-state index contributed by atoms with van der Waals surface area (Å²) in [7, 11) is 0. The van der Waals surface area contributed by atoms with E-state index in [1.165, 1.54) is 12.8 Å². The zero-order chi connectivity index (χ0) is 15.4. The number of hydrogen-bond donors (Lipinski definition) is 3. The van der Waals surface area contributed by atoms with Crippen LogP contribution in [0.25, 0.3) is 0 Å². The molecule has 2 aliphatic heterocycles. The van der Waals surface area contributed by atoms with E-state index in [1.807, 2.05) is 24.3 Å². The van der Waals surface area contributed by atoms with Crippen molar-refractivity contribution >= 4 is 23.2 Å². The van der Waals surface area contributed by atoms with Gasteiger partial charge in [0.25, 0.3) is 0 Å². The number of benzene rings is 1. The lowest BCUT2D eigenvalue weighted by molar-refractivity contribution is -0.125. The minimum Gasteiger partial charge on any atom is -0.372 e. The summed E-state index contributed by atoms with van der Waals surface area (Å²) in [6.45, 7) is 3.78. The number of anilines is 2. The molecule has 1 aromatic rings. The van der Waals surface area contributed by atoms with Crippen LogP contribution in [0.5, 0.6) is 0 Å². The first-order valence-electron chi connectivity index (χ1n) is 7.88. The number of hydrogen-bond acceptors (Lipinski definition) is 4. The Morgan fingerprint density at radius 3 is 2.73 bits per heavy atom. The number of nitrogens with one attached hydrogen (secondary N) is 3. The average Bonchev–Trinajstić information content (AvgIpc) is 3.01. The molecule has 2 heterocycles. The highest BCUT2D eigenvalue weighted by Crippen LogP contribution is 2.26. The van der Waals surface area contributed by atoms with E-state index in [0.29, 0.717) is 6.54 Å². The smallest absolute Gasteiger partial charge is 0.247 e. The first kappa shape index (κ1) is 14.8. The van der Waals surface area contributed by atoms with E-state index in [-0.39, 0.29) is 18.2 Å². The van der Waals surface area contributed by atoms with Gasteiger partial charge >= 0.3 is 0 Å². The van der Waals surface area contributed by atoms with Gasteiger partial charge < -0.3 is 20.9 Å². The zero-order valence-corrected chi connectivity index (χ0v) is 12.6. The standard InChI is InChI=1S/C16H22N4O2/c21-15(17-7-10-20-8-3-4-9-20)11-14-16(22)19-13-6-2-1-5-12(13)18-14/h1-2,5-6,14,18H,3-4,7-11H2,(H,17,21)(H,19,22). The molecule has 1 aromatic carbocycles. The first-order chi connectivity index (χ1) is 10.7. The summed E-state index contributed by atoms with van der Waals surface area (Å²) in [5, 5.41) is 8.85. The monoisotopic (exact) mass is 302 g/mol. The summed E-state index contributed by atoms with van der Waals surface area (Å²) < 4.78 is 0. The van der Waals surface area contributed by atoms with Gasteiger partial charge in [-0.05, 0) is 38.1 Å². The normalized spacial score (nSPS) is 20.9. The number of rotatable bonds is 5. The third kappa shape index (κ3) is 3.57. The summed E-state index contributed by atoms with van der Waals surface area (Å²) in [4.78, 5) is 26.4. The summed E-state index contributed by atoms with van der Waals surface area (Å²) in [6, 6.07) is 6.99. The van der Waals surface area contributed by atoms with E-state index >= 15 is 0 Å². The Morgan fingerprint density at radius 2 is 1.95 bits per heavy atom. The van der Waals surface area contributed by atoms with Gasteiger partial charge in [-0.15, -0.1) is 0 Å². The predicted molar refractivity (Wildman–Crippen MR) is 85.8 cm³/mol. The van der Waals surface area contributed by atoms with Crippen molar-refractivity contribution in [1.29, 1.82) is 0 Å². The number of likely N-dealkylation sites (tertiary alicyclic amines) is 1. The molecule has 0 aromatic heterocycles. The van der Waals surface area contributed by atoms with Crippen molar-refractivity contribution in [2.75, 3.05) is 36.8 Å². The SMILES string of the molecule is O=C(CC1Nc2ccccc2NC1=O)NCCN1CCCC1. The van der Waals surface area contributed by atoms with Crippen LogP contribution in [0.1, 0.15) is 19.3 Å². The van der Waals surface area contributed by atoms with Crippen LogP contribution in [0.15, 0.2) is 24.3 Å². The highest BCUT2D eigenvalue weighted by Gasteiger charge is 2.27. The van der Waals surface area contributed by atoms with Gasteiger partial charge in [0.15, 0.2) is 0 Å². The van der Waals surface area contributed by atoms with Crippen molar-refractivity contribution in [2.24, 2.45) is 0 Å². The van der Waals surface area contributed by atoms with Gasteiger partial charge in [-0.2, -0.15) is 0 Å². The molecule has 3 N–H and O–H groups in total. The number of para-hydroxylation sites is 2. The molecule has 1 fully saturated rings. The second-order valence-corrected chi connectivity index (χ2v) is 5.83. The molecule has 0 radical (unpaired) electrons. The van der Waals surface area contributed by atoms with Gasteiger partial charge in [-0.25, -0.2) is 0 Å². The predicted octanol–water partition coefficient (Wildman–Crippen LogP) is 1.02. The fourth-order valence-electron chi connectivity index (χ4n) is 2.95. The lowest BCUT2D eigenvalue weighted by atomic mass is 10.1. The zero-order valence-electron chi connectivity index (χ0n) is 12.6. The van der Waals surface area contributed by atoms with E-state index in [2.05, 4.69) is 20.9 Å². The van der Waals surface area contributed by atoms with Crippen molar-refractivity contribution in [3.63, 3.8) is 0 Å². The van der Waals surface area contributed by atoms with Crippen molar-refractivity contribution in [2.45, 2.75) is 25.3 Å². The van der Waals surface area contributed by atoms with Crippen LogP contribution in [0, 0.1) is 0 Å². The Kier molecular flexibility index (Phi) is 4.58. The molecule has 6 heteroatoms. The topological polar surface area (TPSA) is 73.5 Å². The second kappa shape index (κ2) is 6.79. The Hall–Kier alpha value is -2.08. The average molecular weight is 302 g/mol. The highest BCUT2D eigenvalue weighted by atomic mass is 16.2. The van der Waals surface area contributed by atoms with Gasteiger partial charge in [-0.1, -0.05) is 12.1 Å². The van der Waals surface area contributed by atoms with Crippen LogP contribution in [-0.4, -0.2) is 48.9 Å². The number of fused-ring (bicyclic) bond motifs is 1. The van der Waals surface area contributed by atoms with Crippen molar-refractivity contribution in [1.82, 2.24) is 10.2 Å². The molecule has 0 saturated carbocycles. The van der Waals surface area contributed by atoms with E-state index in [4.69, 9.17) is 0 Å². The van der Waals surface area contributed by atoms with E-state index < -0.39 is 6.04 Å². The van der Waals surface area contributed by atoms with Crippen LogP contribution < -0.4 is 16.0 Å². The summed E-state index contributed by atoms with van der Waals surface area (Å²) >= 11 is 0. The minimum atomic E-state index is -0.512. The minimum absolute atomic E-state index is 0.0915. The van der Waals surface area contributed by atoms with E-state index in [0.717, 1.165) is 31.0 Å². The highest BCUT2D eigenvalue weighted by molar-refractivity contribution is 6.04. The largest absolute Gasteiger partial charge is 0.372 e.